The van der Waals surface area contributed by atoms with Gasteiger partial charge in [-0.2, -0.15) is 0 Å². The molecule has 0 radical (unpaired) electrons. The van der Waals surface area contributed by atoms with Gasteiger partial charge in [0.05, 0.1) is 3.79 Å². The zero-order chi connectivity index (χ0) is 12.1. The minimum absolute atomic E-state index is 0.701. The normalized spacial score (nSPS) is 22.6. The van der Waals surface area contributed by atoms with Gasteiger partial charge in [0.15, 0.2) is 0 Å². The van der Waals surface area contributed by atoms with Crippen LogP contribution in [0, 0.1) is 0 Å². The molecule has 0 bridgehead atoms. The molecule has 1 atom stereocenters. The summed E-state index contributed by atoms with van der Waals surface area (Å²) in [6.45, 7) is 7.01. The highest BCUT2D eigenvalue weighted by molar-refractivity contribution is 9.11. The second-order valence-corrected chi connectivity index (χ2v) is 7.20. The number of likely N-dealkylation sites (tertiary alicyclic amines) is 1. The van der Waals surface area contributed by atoms with E-state index in [1.54, 1.807) is 0 Å². The molecule has 0 spiro atoms. The van der Waals surface area contributed by atoms with Gasteiger partial charge >= 0.3 is 0 Å². The number of thiophene rings is 1. The SMILES string of the molecule is CCN1CCCC(NCc2ccc(Br)s2)CC1. The van der Waals surface area contributed by atoms with E-state index in [1.165, 1.54) is 47.6 Å². The maximum Gasteiger partial charge on any atom is 0.0701 e. The van der Waals surface area contributed by atoms with E-state index in [0.29, 0.717) is 6.04 Å². The van der Waals surface area contributed by atoms with Crippen molar-refractivity contribution in [1.82, 2.24) is 10.2 Å². The first kappa shape index (κ1) is 13.5. The third-order valence-electron chi connectivity index (χ3n) is 3.46. The van der Waals surface area contributed by atoms with Crippen molar-refractivity contribution >= 4 is 27.3 Å². The fourth-order valence-corrected chi connectivity index (χ4v) is 3.80. The van der Waals surface area contributed by atoms with E-state index in [1.807, 2.05) is 11.3 Å². The van der Waals surface area contributed by atoms with Crippen molar-refractivity contribution in [3.63, 3.8) is 0 Å². The Morgan fingerprint density at radius 2 is 2.29 bits per heavy atom. The van der Waals surface area contributed by atoms with Gasteiger partial charge in [-0.1, -0.05) is 6.92 Å². The third kappa shape index (κ3) is 4.36. The average molecular weight is 317 g/mol. The van der Waals surface area contributed by atoms with Crippen LogP contribution in [0.3, 0.4) is 0 Å². The molecule has 0 aliphatic carbocycles. The Morgan fingerprint density at radius 3 is 3.00 bits per heavy atom. The lowest BCUT2D eigenvalue weighted by Gasteiger charge is -2.18. The number of rotatable bonds is 4. The van der Waals surface area contributed by atoms with E-state index >= 15 is 0 Å². The standard InChI is InChI=1S/C13H21BrN2S/c1-2-16-8-3-4-11(7-9-16)15-10-12-5-6-13(14)17-12/h5-6,11,15H,2-4,7-10H2,1H3. The van der Waals surface area contributed by atoms with Gasteiger partial charge in [0, 0.05) is 17.5 Å². The first-order chi connectivity index (χ1) is 8.28. The summed E-state index contributed by atoms with van der Waals surface area (Å²) in [7, 11) is 0. The molecule has 1 aromatic rings. The molecule has 2 heterocycles. The van der Waals surface area contributed by atoms with Gasteiger partial charge in [-0.3, -0.25) is 0 Å². The molecule has 1 unspecified atom stereocenters. The summed E-state index contributed by atoms with van der Waals surface area (Å²) in [4.78, 5) is 3.98. The molecule has 1 aliphatic heterocycles. The van der Waals surface area contributed by atoms with Crippen LogP contribution < -0.4 is 5.32 Å². The number of hydrogen-bond donors (Lipinski definition) is 1. The monoisotopic (exact) mass is 316 g/mol. The van der Waals surface area contributed by atoms with Gasteiger partial charge in [0.1, 0.15) is 0 Å². The van der Waals surface area contributed by atoms with E-state index < -0.39 is 0 Å². The van der Waals surface area contributed by atoms with Gasteiger partial charge in [0.25, 0.3) is 0 Å². The molecule has 1 saturated heterocycles. The Bertz CT molecular complexity index is 340. The number of nitrogens with zero attached hydrogens (tertiary/aromatic N) is 1. The Hall–Kier alpha value is 0.1000. The van der Waals surface area contributed by atoms with Crippen molar-refractivity contribution in [1.29, 1.82) is 0 Å². The summed E-state index contributed by atoms with van der Waals surface area (Å²) in [6, 6.07) is 5.04. The van der Waals surface area contributed by atoms with Crippen LogP contribution in [-0.2, 0) is 6.54 Å². The van der Waals surface area contributed by atoms with E-state index in [-0.39, 0.29) is 0 Å². The fourth-order valence-electron chi connectivity index (χ4n) is 2.37. The molecule has 2 nitrogen and oxygen atoms in total. The van der Waals surface area contributed by atoms with Crippen LogP contribution in [0.25, 0.3) is 0 Å². The summed E-state index contributed by atoms with van der Waals surface area (Å²) in [5.74, 6) is 0. The third-order valence-corrected chi connectivity index (χ3v) is 5.09. The second-order valence-electron chi connectivity index (χ2n) is 4.65. The van der Waals surface area contributed by atoms with E-state index in [2.05, 4.69) is 45.2 Å². The van der Waals surface area contributed by atoms with Gasteiger partial charge in [-0.25, -0.2) is 0 Å². The van der Waals surface area contributed by atoms with Crippen LogP contribution in [0.4, 0.5) is 0 Å². The van der Waals surface area contributed by atoms with Crippen LogP contribution in [0.1, 0.15) is 31.1 Å². The summed E-state index contributed by atoms with van der Waals surface area (Å²) in [6.07, 6.45) is 3.95. The molecule has 2 rings (SSSR count). The molecule has 17 heavy (non-hydrogen) atoms. The minimum atomic E-state index is 0.701. The summed E-state index contributed by atoms with van der Waals surface area (Å²) in [5.41, 5.74) is 0. The lowest BCUT2D eigenvalue weighted by molar-refractivity contribution is 0.297. The van der Waals surface area contributed by atoms with Gasteiger partial charge in [-0.05, 0) is 67.0 Å². The van der Waals surface area contributed by atoms with Crippen molar-refractivity contribution in [2.45, 2.75) is 38.8 Å². The number of halogens is 1. The molecule has 1 fully saturated rings. The maximum absolute atomic E-state index is 3.70. The maximum atomic E-state index is 3.70. The molecule has 4 heteroatoms. The summed E-state index contributed by atoms with van der Waals surface area (Å²) in [5, 5.41) is 3.70. The lowest BCUT2D eigenvalue weighted by atomic mass is 10.1. The second kappa shape index (κ2) is 6.88. The predicted octanol–water partition coefficient (Wildman–Crippen LogP) is 3.47. The fraction of sp³-hybridized carbons (Fsp3) is 0.692. The molecule has 0 saturated carbocycles. The van der Waals surface area contributed by atoms with Crippen molar-refractivity contribution in [2.75, 3.05) is 19.6 Å². The van der Waals surface area contributed by atoms with Crippen molar-refractivity contribution in [3.8, 4) is 0 Å². The Balaban J connectivity index is 1.75. The summed E-state index contributed by atoms with van der Waals surface area (Å²) >= 11 is 5.34. The minimum Gasteiger partial charge on any atom is -0.309 e. The number of nitrogens with one attached hydrogen (secondary N) is 1. The van der Waals surface area contributed by atoms with E-state index in [9.17, 15) is 0 Å². The lowest BCUT2D eigenvalue weighted by Crippen LogP contribution is -2.30. The van der Waals surface area contributed by atoms with Crippen LogP contribution in [0.2, 0.25) is 0 Å². The van der Waals surface area contributed by atoms with E-state index in [0.717, 1.165) is 6.54 Å². The van der Waals surface area contributed by atoms with Crippen LogP contribution in [-0.4, -0.2) is 30.6 Å². The number of hydrogen-bond acceptors (Lipinski definition) is 3. The first-order valence-corrected chi connectivity index (χ1v) is 8.09. The van der Waals surface area contributed by atoms with Gasteiger partial charge in [0.2, 0.25) is 0 Å². The van der Waals surface area contributed by atoms with Crippen LogP contribution >= 0.6 is 27.3 Å². The molecule has 1 aliphatic rings. The Kier molecular flexibility index (Phi) is 5.48. The zero-order valence-corrected chi connectivity index (χ0v) is 12.8. The topological polar surface area (TPSA) is 15.3 Å². The molecular formula is C13H21BrN2S. The summed E-state index contributed by atoms with van der Waals surface area (Å²) < 4.78 is 1.23. The molecule has 96 valence electrons. The van der Waals surface area contributed by atoms with E-state index in [4.69, 9.17) is 0 Å². The Labute approximate surface area is 117 Å². The first-order valence-electron chi connectivity index (χ1n) is 6.48. The quantitative estimate of drug-likeness (QED) is 0.915. The predicted molar refractivity (Wildman–Crippen MR) is 78.6 cm³/mol. The van der Waals surface area contributed by atoms with Gasteiger partial charge < -0.3 is 10.2 Å². The highest BCUT2D eigenvalue weighted by atomic mass is 79.9. The van der Waals surface area contributed by atoms with Crippen LogP contribution in [0.15, 0.2) is 15.9 Å². The molecule has 0 aromatic carbocycles. The highest BCUT2D eigenvalue weighted by Gasteiger charge is 2.15. The smallest absolute Gasteiger partial charge is 0.0701 e. The van der Waals surface area contributed by atoms with Crippen molar-refractivity contribution < 1.29 is 0 Å². The average Bonchev–Trinajstić information content (AvgIpc) is 2.63. The highest BCUT2D eigenvalue weighted by Crippen LogP contribution is 2.22. The van der Waals surface area contributed by atoms with Crippen molar-refractivity contribution in [2.24, 2.45) is 0 Å². The van der Waals surface area contributed by atoms with Crippen molar-refractivity contribution in [3.05, 3.63) is 20.8 Å². The Morgan fingerprint density at radius 1 is 1.41 bits per heavy atom. The zero-order valence-electron chi connectivity index (χ0n) is 10.4. The largest absolute Gasteiger partial charge is 0.309 e. The van der Waals surface area contributed by atoms with Crippen LogP contribution in [0.5, 0.6) is 0 Å². The molecule has 1 N–H and O–H groups in total. The molecular weight excluding hydrogens is 296 g/mol. The van der Waals surface area contributed by atoms with Gasteiger partial charge in [-0.15, -0.1) is 11.3 Å². The molecule has 1 aromatic heterocycles. The molecule has 0 amide bonds.